The number of carbonyl (C=O) groups is 1. The molecule has 3 rings (SSSR count). The predicted octanol–water partition coefficient (Wildman–Crippen LogP) is 3.76. The van der Waals surface area contributed by atoms with Gasteiger partial charge in [-0.3, -0.25) is 4.79 Å². The van der Waals surface area contributed by atoms with Crippen LogP contribution in [0.2, 0.25) is 0 Å². The number of anilines is 1. The molecular weight excluding hydrogens is 338 g/mol. The van der Waals surface area contributed by atoms with Crippen molar-refractivity contribution in [1.82, 2.24) is 0 Å². The number of fused-ring (bicyclic) bond motifs is 2. The Morgan fingerprint density at radius 1 is 1.00 bits per heavy atom. The molecule has 4 nitrogen and oxygen atoms in total. The van der Waals surface area contributed by atoms with Crippen molar-refractivity contribution >= 4 is 11.6 Å². The Labute approximate surface area is 161 Å². The standard InChI is InChI=1S/C23H25NO3/c1-18(2)27-16-15-26-14-13-23(25)24-17-21-9-4-3-7-19(21)11-12-20-8-5-6-10-22(20)24/h3-10,18H,13-17H2,1-2H3. The number of hydrogen-bond acceptors (Lipinski definition) is 3. The summed E-state index contributed by atoms with van der Waals surface area (Å²) in [4.78, 5) is 14.8. The average molecular weight is 363 g/mol. The van der Waals surface area contributed by atoms with Gasteiger partial charge < -0.3 is 14.4 Å². The van der Waals surface area contributed by atoms with Crippen LogP contribution in [0.1, 0.15) is 37.0 Å². The van der Waals surface area contributed by atoms with Crippen LogP contribution < -0.4 is 4.90 Å². The fraction of sp³-hybridized carbons (Fsp3) is 0.348. The third kappa shape index (κ3) is 5.19. The number of hydrogen-bond donors (Lipinski definition) is 0. The molecule has 0 saturated carbocycles. The van der Waals surface area contributed by atoms with E-state index in [9.17, 15) is 4.79 Å². The zero-order valence-corrected chi connectivity index (χ0v) is 15.9. The highest BCUT2D eigenvalue weighted by Crippen LogP contribution is 2.25. The lowest BCUT2D eigenvalue weighted by Gasteiger charge is -2.26. The minimum Gasteiger partial charge on any atom is -0.379 e. The van der Waals surface area contributed by atoms with Gasteiger partial charge in [-0.25, -0.2) is 0 Å². The molecule has 0 spiro atoms. The van der Waals surface area contributed by atoms with E-state index in [2.05, 4.69) is 11.8 Å². The number of amides is 1. The van der Waals surface area contributed by atoms with Crippen LogP contribution in [-0.2, 0) is 20.8 Å². The lowest BCUT2D eigenvalue weighted by Crippen LogP contribution is -2.32. The van der Waals surface area contributed by atoms with Crippen molar-refractivity contribution in [2.45, 2.75) is 32.9 Å². The monoisotopic (exact) mass is 363 g/mol. The highest BCUT2D eigenvalue weighted by Gasteiger charge is 2.20. The summed E-state index contributed by atoms with van der Waals surface area (Å²) < 4.78 is 11.0. The van der Waals surface area contributed by atoms with Gasteiger partial charge in [0.25, 0.3) is 0 Å². The SMILES string of the molecule is CC(C)OCCOCCC(=O)N1Cc2ccccc2C#Cc2ccccc21. The van der Waals surface area contributed by atoms with Gasteiger partial charge in [0.2, 0.25) is 5.91 Å². The molecule has 0 bridgehead atoms. The molecule has 2 aromatic rings. The maximum absolute atomic E-state index is 12.9. The Morgan fingerprint density at radius 3 is 2.52 bits per heavy atom. The van der Waals surface area contributed by atoms with E-state index in [4.69, 9.17) is 9.47 Å². The van der Waals surface area contributed by atoms with Gasteiger partial charge in [0.15, 0.2) is 0 Å². The summed E-state index contributed by atoms with van der Waals surface area (Å²) in [7, 11) is 0. The largest absolute Gasteiger partial charge is 0.379 e. The average Bonchev–Trinajstić information content (AvgIpc) is 2.66. The molecule has 2 aromatic carbocycles. The van der Waals surface area contributed by atoms with E-state index in [1.54, 1.807) is 0 Å². The molecule has 1 aliphatic rings. The van der Waals surface area contributed by atoms with Gasteiger partial charge in [-0.05, 0) is 37.6 Å². The van der Waals surface area contributed by atoms with Gasteiger partial charge >= 0.3 is 0 Å². The second-order valence-electron chi connectivity index (χ2n) is 6.69. The van der Waals surface area contributed by atoms with E-state index in [0.717, 1.165) is 22.4 Å². The number of nitrogens with zero attached hydrogens (tertiary/aromatic N) is 1. The maximum Gasteiger partial charge on any atom is 0.229 e. The third-order valence-electron chi connectivity index (χ3n) is 4.31. The molecule has 0 saturated heterocycles. The molecule has 0 unspecified atom stereocenters. The Morgan fingerprint density at radius 2 is 1.70 bits per heavy atom. The van der Waals surface area contributed by atoms with Crippen LogP contribution in [0.5, 0.6) is 0 Å². The molecule has 140 valence electrons. The van der Waals surface area contributed by atoms with E-state index in [0.29, 0.717) is 32.8 Å². The second-order valence-corrected chi connectivity index (χ2v) is 6.69. The quantitative estimate of drug-likeness (QED) is 0.555. The van der Waals surface area contributed by atoms with Crippen LogP contribution in [0, 0.1) is 11.8 Å². The fourth-order valence-corrected chi connectivity index (χ4v) is 2.95. The first-order chi connectivity index (χ1) is 13.1. The molecule has 1 heterocycles. The topological polar surface area (TPSA) is 38.8 Å². The normalized spacial score (nSPS) is 12.5. The van der Waals surface area contributed by atoms with Gasteiger partial charge in [0.05, 0.1) is 44.6 Å². The van der Waals surface area contributed by atoms with Crippen molar-refractivity contribution in [2.75, 3.05) is 24.7 Å². The highest BCUT2D eigenvalue weighted by atomic mass is 16.5. The van der Waals surface area contributed by atoms with Crippen molar-refractivity contribution in [1.29, 1.82) is 0 Å². The molecule has 0 atom stereocenters. The van der Waals surface area contributed by atoms with E-state index < -0.39 is 0 Å². The van der Waals surface area contributed by atoms with Crippen molar-refractivity contribution in [3.05, 3.63) is 65.2 Å². The first-order valence-corrected chi connectivity index (χ1v) is 9.34. The number of rotatable bonds is 7. The van der Waals surface area contributed by atoms with Gasteiger partial charge in [-0.2, -0.15) is 0 Å². The third-order valence-corrected chi connectivity index (χ3v) is 4.31. The molecule has 0 fully saturated rings. The number of carbonyl (C=O) groups excluding carboxylic acids is 1. The summed E-state index contributed by atoms with van der Waals surface area (Å²) in [6.45, 7) is 5.91. The van der Waals surface area contributed by atoms with Crippen LogP contribution >= 0.6 is 0 Å². The molecular formula is C23H25NO3. The lowest BCUT2D eigenvalue weighted by atomic mass is 10.0. The van der Waals surface area contributed by atoms with E-state index in [1.165, 1.54) is 0 Å². The molecule has 0 aliphatic carbocycles. The van der Waals surface area contributed by atoms with Crippen LogP contribution in [0.4, 0.5) is 5.69 Å². The van der Waals surface area contributed by atoms with Gasteiger partial charge in [0.1, 0.15) is 0 Å². The first kappa shape index (κ1) is 19.2. The van der Waals surface area contributed by atoms with Crippen LogP contribution in [0.3, 0.4) is 0 Å². The molecule has 1 amide bonds. The molecule has 0 aromatic heterocycles. The Kier molecular flexibility index (Phi) is 6.64. The van der Waals surface area contributed by atoms with Gasteiger partial charge in [-0.1, -0.05) is 42.2 Å². The fourth-order valence-electron chi connectivity index (χ4n) is 2.95. The molecule has 27 heavy (non-hydrogen) atoms. The second kappa shape index (κ2) is 9.36. The van der Waals surface area contributed by atoms with Crippen LogP contribution in [0.25, 0.3) is 0 Å². The van der Waals surface area contributed by atoms with E-state index in [-0.39, 0.29) is 12.0 Å². The summed E-state index contributed by atoms with van der Waals surface area (Å²) in [5.41, 5.74) is 3.74. The first-order valence-electron chi connectivity index (χ1n) is 9.34. The molecule has 0 radical (unpaired) electrons. The Hall–Kier alpha value is -2.61. The minimum absolute atomic E-state index is 0.0331. The Bertz CT molecular complexity index is 848. The zero-order chi connectivity index (χ0) is 19.1. The molecule has 1 aliphatic heterocycles. The summed E-state index contributed by atoms with van der Waals surface area (Å²) in [6, 6.07) is 15.8. The van der Waals surface area contributed by atoms with Crippen molar-refractivity contribution in [3.63, 3.8) is 0 Å². The van der Waals surface area contributed by atoms with Crippen LogP contribution in [0.15, 0.2) is 48.5 Å². The van der Waals surface area contributed by atoms with Crippen molar-refractivity contribution in [2.24, 2.45) is 0 Å². The van der Waals surface area contributed by atoms with Gasteiger partial charge in [0, 0.05) is 11.1 Å². The summed E-state index contributed by atoms with van der Waals surface area (Å²) >= 11 is 0. The van der Waals surface area contributed by atoms with E-state index in [1.807, 2.05) is 67.3 Å². The number of benzene rings is 2. The van der Waals surface area contributed by atoms with Gasteiger partial charge in [-0.15, -0.1) is 0 Å². The van der Waals surface area contributed by atoms with Crippen molar-refractivity contribution in [3.8, 4) is 11.8 Å². The maximum atomic E-state index is 12.9. The molecule has 4 heteroatoms. The Balaban J connectivity index is 1.71. The highest BCUT2D eigenvalue weighted by molar-refractivity contribution is 5.95. The predicted molar refractivity (Wildman–Crippen MR) is 107 cm³/mol. The summed E-state index contributed by atoms with van der Waals surface area (Å²) in [5.74, 6) is 6.47. The lowest BCUT2D eigenvalue weighted by molar-refractivity contribution is -0.120. The van der Waals surface area contributed by atoms with E-state index >= 15 is 0 Å². The smallest absolute Gasteiger partial charge is 0.229 e. The number of para-hydroxylation sites is 1. The van der Waals surface area contributed by atoms with Crippen molar-refractivity contribution < 1.29 is 14.3 Å². The number of ether oxygens (including phenoxy) is 2. The zero-order valence-electron chi connectivity index (χ0n) is 15.9. The van der Waals surface area contributed by atoms with Crippen LogP contribution in [-0.4, -0.2) is 31.8 Å². The summed E-state index contributed by atoms with van der Waals surface area (Å²) in [5, 5.41) is 0. The summed E-state index contributed by atoms with van der Waals surface area (Å²) in [6.07, 6.45) is 0.514. The molecule has 0 N–H and O–H groups in total. The minimum atomic E-state index is 0.0331.